The van der Waals surface area contributed by atoms with Crippen LogP contribution >= 0.6 is 58.6 Å². The highest BCUT2D eigenvalue weighted by molar-refractivity contribution is 7.87. The summed E-state index contributed by atoms with van der Waals surface area (Å²) >= 11 is 4.64. The SMILES string of the molecule is C=C(B(O)O)C1CCCN(P)C1.C=C(OS(=O)(=O)C(F)(F)F)C1CCCN(P)C1.C=C(c1ncnc2[nH]ccc12)C1CCCN(C(C)=O)C1.C=C(c1ncnc2[nH]ccc12)C1CCCNC1.C=C(c1ncnc2c1ccn2C)C1CCCN(P)C1.CC(=O)C1CCCN(P)C1.CC(=O)N1CCCC(C(=O)c2ncnc3[nH]ccc23)C1.CCl.O=C(O)C1CCCN(P)C1. The zero-order chi connectivity index (χ0) is 92.8. The number of carbonyl (C=O) groups is 5. The number of aromatic amines is 3. The Kier molecular flexibility index (Phi) is 42.6. The van der Waals surface area contributed by atoms with Gasteiger partial charge in [-0.25, -0.2) is 39.9 Å². The summed E-state index contributed by atoms with van der Waals surface area (Å²) in [6.45, 7) is 38.6. The number of Topliss-reactive ketones (excluding diaryl/α,β-unsaturated/α-hetero) is 2. The summed E-state index contributed by atoms with van der Waals surface area (Å²) in [5.41, 5.74) is 5.12. The Bertz CT molecular complexity index is 4980. The number of carboxylic acids is 1. The summed E-state index contributed by atoms with van der Waals surface area (Å²) in [6, 6.07) is 7.89. The van der Waals surface area contributed by atoms with E-state index >= 15 is 0 Å². The molecule has 16 rings (SSSR count). The van der Waals surface area contributed by atoms with Gasteiger partial charge >= 0.3 is 28.7 Å². The number of alkyl halides is 4. The lowest BCUT2D eigenvalue weighted by molar-refractivity contribution is -0.143. The van der Waals surface area contributed by atoms with Gasteiger partial charge in [-0.15, -0.1) is 18.2 Å². The van der Waals surface area contributed by atoms with Crippen molar-refractivity contribution in [3.63, 3.8) is 0 Å². The van der Waals surface area contributed by atoms with E-state index in [1.54, 1.807) is 50.8 Å². The standard InChI is InChI=1S/C15H18N4O.C14H16N4O2.C14H19N4P.C13H16N4.C8H13F3NO3PS.C7H15BNO2P.C7H14NOP.C6H12NO2P.CH3Cl/c1-10(12-4-3-7-19(8-12)11(2)20)14-13-5-6-16-15(13)18-9-17-14;1-9(19)18-6-2-3-10(7-18)13(20)12-11-4-5-15-14(11)17-8-16-12;1-10(11-4-3-6-18(19)8-11)13-12-5-7-17(2)14(12)16-9-15-13;1-9(10-3-2-5-14-7-10)12-11-4-6-15-13(11)17-8-16-12;1-6(7-3-2-4-12(16)5-7)15-17(13,14)8(9,10)11;1-6(8(10)11)7-3-2-4-9(12)5-7;1-6(9)7-3-2-4-8(10)5-7;8-6(9)5-2-1-3-7(10)4-5;1-2/h5-6,9,12H,1,3-4,7-8H2,2H3,(H,16,17,18);4-5,8,10H,2-3,6-7H2,1H3,(H,15,16,17);5,7,9,11H,1,3-4,6,8,19H2,2H3;4,6,8,10,14H,1-3,5,7H2,(H,15,16,17);7H,1-5,16H2;7,10-11H,1-5,12H2;7H,2-5,10H2,1H3;5H,1-4,10H2,(H,8,9);1H3. The van der Waals surface area contributed by atoms with E-state index in [-0.39, 0.29) is 47.0 Å². The van der Waals surface area contributed by atoms with Gasteiger partial charge in [0.15, 0.2) is 5.78 Å². The molecule has 13 unspecified atom stereocenters. The Hall–Kier alpha value is -7.35. The summed E-state index contributed by atoms with van der Waals surface area (Å²) in [5, 5.41) is 33.7. The average molecular weight is 1890 g/mol. The number of nitrogens with zero attached hydrogens (tertiary/aromatic N) is 16. The summed E-state index contributed by atoms with van der Waals surface area (Å²) < 4.78 is 74.1. The number of ketones is 2. The van der Waals surface area contributed by atoms with Crippen LogP contribution < -0.4 is 5.32 Å². The first-order valence-electron chi connectivity index (χ1n) is 42.8. The maximum atomic E-state index is 12.6. The van der Waals surface area contributed by atoms with Gasteiger partial charge in [-0.3, -0.25) is 47.3 Å². The molecule has 8 saturated heterocycles. The molecule has 8 aromatic rings. The molecular weight excluding hydrogens is 1770 g/mol. The zero-order valence-corrected chi connectivity index (χ0v) is 80.7. The molecular formula is C85H126BClF3N20O11P5S. The number of piperidine rings is 8. The molecule has 8 aromatic heterocycles. The number of hydrogen-bond acceptors (Lipinski definition) is 24. The number of H-pyrrole nitrogens is 3. The molecule has 0 saturated carbocycles. The van der Waals surface area contributed by atoms with E-state index in [0.717, 1.165) is 228 Å². The van der Waals surface area contributed by atoms with Gasteiger partial charge in [-0.2, -0.15) is 21.6 Å². The number of hydrogen-bond donors (Lipinski definition) is 7. The van der Waals surface area contributed by atoms with E-state index < -0.39 is 34.6 Å². The number of likely N-dealkylation sites (tertiary alicyclic amines) is 2. The molecule has 16 heterocycles. The molecule has 0 aliphatic carbocycles. The van der Waals surface area contributed by atoms with Crippen LogP contribution in [-0.2, 0) is 40.5 Å². The van der Waals surface area contributed by atoms with E-state index in [1.165, 1.54) is 38.4 Å². The fraction of sp³-hybridized carbons (Fsp3) is 0.541. The molecule has 7 N–H and O–H groups in total. The van der Waals surface area contributed by atoms with E-state index in [1.807, 2.05) is 62.6 Å². The van der Waals surface area contributed by atoms with Crippen LogP contribution in [0.15, 0.2) is 118 Å². The molecule has 8 fully saturated rings. The smallest absolute Gasteiger partial charge is 0.481 e. The first-order valence-corrected chi connectivity index (χ1v) is 47.5. The van der Waals surface area contributed by atoms with Gasteiger partial charge < -0.3 is 54.0 Å². The monoisotopic (exact) mass is 1890 g/mol. The highest BCUT2D eigenvalue weighted by Gasteiger charge is 2.49. The number of carbonyl (C=O) groups excluding carboxylic acids is 4. The quantitative estimate of drug-likeness (QED) is 0.00953. The third-order valence-electron chi connectivity index (χ3n) is 23.7. The van der Waals surface area contributed by atoms with Gasteiger partial charge in [-0.05, 0) is 180 Å². The van der Waals surface area contributed by atoms with Crippen molar-refractivity contribution in [1.82, 2.24) is 97.9 Å². The molecule has 42 heteroatoms. The van der Waals surface area contributed by atoms with Crippen LogP contribution in [0.3, 0.4) is 0 Å². The van der Waals surface area contributed by atoms with Crippen LogP contribution in [0.2, 0.25) is 0 Å². The predicted octanol–water partition coefficient (Wildman–Crippen LogP) is 12.5. The molecule has 0 bridgehead atoms. The molecule has 694 valence electrons. The van der Waals surface area contributed by atoms with Crippen molar-refractivity contribution in [2.75, 3.05) is 111 Å². The minimum atomic E-state index is -5.59. The van der Waals surface area contributed by atoms with Crippen molar-refractivity contribution in [3.05, 3.63) is 141 Å². The lowest BCUT2D eigenvalue weighted by atomic mass is 9.70. The zero-order valence-electron chi connectivity index (χ0n) is 73.4. The number of aliphatic carboxylic acids is 1. The van der Waals surface area contributed by atoms with E-state index in [4.69, 9.17) is 15.2 Å². The number of nitrogens with one attached hydrogen (secondary N) is 4. The van der Waals surface area contributed by atoms with Crippen molar-refractivity contribution >= 4 is 166 Å². The molecule has 8 aliphatic heterocycles. The molecule has 127 heavy (non-hydrogen) atoms. The first kappa shape index (κ1) is 105. The Labute approximate surface area is 760 Å². The molecule has 0 spiro atoms. The maximum absolute atomic E-state index is 12.6. The van der Waals surface area contributed by atoms with E-state index in [2.05, 4.69) is 176 Å². The summed E-state index contributed by atoms with van der Waals surface area (Å²) in [6.07, 6.45) is 31.3. The van der Waals surface area contributed by atoms with Gasteiger partial charge in [0.2, 0.25) is 11.8 Å². The van der Waals surface area contributed by atoms with Crippen molar-refractivity contribution in [2.24, 2.45) is 54.4 Å². The Morgan fingerprint density at radius 1 is 0.480 bits per heavy atom. The van der Waals surface area contributed by atoms with Crippen LogP contribution in [-0.4, -0.2) is 269 Å². The Balaban J connectivity index is 0.000000181. The highest BCUT2D eigenvalue weighted by Crippen LogP contribution is 2.37. The normalized spacial score (nSPS) is 22.0. The van der Waals surface area contributed by atoms with Crippen molar-refractivity contribution in [1.29, 1.82) is 0 Å². The molecule has 0 radical (unpaired) electrons. The summed E-state index contributed by atoms with van der Waals surface area (Å²) in [4.78, 5) is 104. The van der Waals surface area contributed by atoms with Crippen molar-refractivity contribution in [3.8, 4) is 0 Å². The lowest BCUT2D eigenvalue weighted by Crippen LogP contribution is -2.41. The molecule has 2 amide bonds. The number of carboxylic acid groups (broad SMARTS) is 1. The number of aromatic nitrogens is 12. The average Bonchev–Trinajstić information content (AvgIpc) is 1.70. The third-order valence-corrected chi connectivity index (χ3v) is 27.1. The van der Waals surface area contributed by atoms with Crippen LogP contribution in [0.5, 0.6) is 0 Å². The Morgan fingerprint density at radius 3 is 1.27 bits per heavy atom. The van der Waals surface area contributed by atoms with Crippen LogP contribution in [0.1, 0.15) is 151 Å². The fourth-order valence-electron chi connectivity index (χ4n) is 16.5. The second kappa shape index (κ2) is 51.5. The van der Waals surface area contributed by atoms with E-state index in [0.29, 0.717) is 66.4 Å². The van der Waals surface area contributed by atoms with Gasteiger partial charge in [0.25, 0.3) is 0 Å². The number of halogens is 4. The second-order valence-electron chi connectivity index (χ2n) is 32.9. The summed E-state index contributed by atoms with van der Waals surface area (Å²) in [7, 11) is 8.12. The number of amides is 2. The largest absolute Gasteiger partial charge is 0.534 e. The maximum Gasteiger partial charge on any atom is 0.534 e. The highest BCUT2D eigenvalue weighted by atomic mass is 35.5. The van der Waals surface area contributed by atoms with Crippen LogP contribution in [0.25, 0.3) is 60.9 Å². The molecule has 0 aromatic carbocycles. The fourth-order valence-corrected chi connectivity index (χ4v) is 19.2. The van der Waals surface area contributed by atoms with Gasteiger partial charge in [0.05, 0.1) is 23.0 Å². The van der Waals surface area contributed by atoms with Gasteiger partial charge in [0.1, 0.15) is 65.1 Å². The predicted molar refractivity (Wildman–Crippen MR) is 512 cm³/mol. The minimum Gasteiger partial charge on any atom is -0.481 e. The van der Waals surface area contributed by atoms with Gasteiger partial charge in [0, 0.05) is 195 Å². The summed E-state index contributed by atoms with van der Waals surface area (Å²) in [5.74, 6) is 0.570. The van der Waals surface area contributed by atoms with E-state index in [9.17, 15) is 45.6 Å². The van der Waals surface area contributed by atoms with Crippen molar-refractivity contribution < 1.29 is 64.9 Å². The minimum absolute atomic E-state index is 0.00273. The van der Waals surface area contributed by atoms with Crippen LogP contribution in [0.4, 0.5) is 13.2 Å². The third kappa shape index (κ3) is 31.2. The van der Waals surface area contributed by atoms with Crippen LogP contribution in [0, 0.1) is 47.3 Å². The Morgan fingerprint density at radius 2 is 0.843 bits per heavy atom. The topological polar surface area (TPSA) is 380 Å². The van der Waals surface area contributed by atoms with Crippen molar-refractivity contribution in [2.45, 2.75) is 129 Å². The second-order valence-corrected chi connectivity index (χ2v) is 38.1. The molecule has 8 aliphatic rings. The lowest BCUT2D eigenvalue weighted by Gasteiger charge is -2.33. The van der Waals surface area contributed by atoms with Gasteiger partial charge in [-0.1, -0.05) is 73.3 Å². The number of rotatable bonds is 15. The molecule has 13 atom stereocenters. The number of fused-ring (bicyclic) bond motifs is 4. The first-order chi connectivity index (χ1) is 60.5. The molecule has 31 nitrogen and oxygen atoms in total. The number of aryl methyl sites for hydroxylation is 1.